The number of nitrogens with zero attached hydrogens (tertiary/aromatic N) is 1. The zero-order valence-electron chi connectivity index (χ0n) is 24.3. The van der Waals surface area contributed by atoms with Gasteiger partial charge in [0.25, 0.3) is 8.32 Å². The molecule has 1 saturated heterocycles. The van der Waals surface area contributed by atoms with Gasteiger partial charge in [0.05, 0.1) is 25.3 Å². The molecule has 2 aromatic rings. The maximum atomic E-state index is 13.7. The fraction of sp³-hybridized carbons (Fsp3) is 0.548. The number of piperidine rings is 1. The molecule has 8 heteroatoms. The van der Waals surface area contributed by atoms with Crippen LogP contribution in [0.25, 0.3) is 0 Å². The second-order valence-corrected chi connectivity index (χ2v) is 17.3. The van der Waals surface area contributed by atoms with Crippen LogP contribution in [0.1, 0.15) is 60.8 Å². The number of likely N-dealkylation sites (tertiary alicyclic amines) is 1. The molecule has 4 atom stereocenters. The second-order valence-electron chi connectivity index (χ2n) is 13.0. The molecule has 1 aliphatic carbocycles. The van der Waals surface area contributed by atoms with E-state index in [0.29, 0.717) is 6.61 Å². The van der Waals surface area contributed by atoms with Crippen molar-refractivity contribution in [1.29, 1.82) is 0 Å². The molecule has 0 unspecified atom stereocenters. The SMILES string of the molecule is COC(=O)[C@H](O)C[C@]12C[C@H]1C[C@H](CO[Si](c1ccccc1)(c1ccccc1)C(C)(C)C)N2C(=O)OC(C)(C)C. The van der Waals surface area contributed by atoms with E-state index in [2.05, 4.69) is 69.3 Å². The lowest BCUT2D eigenvalue weighted by molar-refractivity contribution is -0.151. The van der Waals surface area contributed by atoms with E-state index in [1.165, 1.54) is 17.5 Å². The van der Waals surface area contributed by atoms with Crippen molar-refractivity contribution in [3.63, 3.8) is 0 Å². The molecule has 0 bridgehead atoms. The van der Waals surface area contributed by atoms with E-state index in [1.807, 2.05) is 32.9 Å². The normalized spacial score (nSPS) is 23.6. The van der Waals surface area contributed by atoms with Crippen LogP contribution in [0.15, 0.2) is 60.7 Å². The summed E-state index contributed by atoms with van der Waals surface area (Å²) < 4.78 is 17.8. The van der Waals surface area contributed by atoms with E-state index < -0.39 is 37.6 Å². The Morgan fingerprint density at radius 1 is 1.00 bits per heavy atom. The van der Waals surface area contributed by atoms with Gasteiger partial charge in [0.1, 0.15) is 5.60 Å². The number of hydrogen-bond donors (Lipinski definition) is 1. The minimum absolute atomic E-state index is 0.124. The van der Waals surface area contributed by atoms with Crippen LogP contribution in [0.4, 0.5) is 4.79 Å². The maximum Gasteiger partial charge on any atom is 0.411 e. The number of hydrogen-bond acceptors (Lipinski definition) is 6. The van der Waals surface area contributed by atoms with Gasteiger partial charge >= 0.3 is 12.1 Å². The largest absolute Gasteiger partial charge is 0.467 e. The molecular formula is C31H43NO6Si. The average Bonchev–Trinajstić information content (AvgIpc) is 3.45. The van der Waals surface area contributed by atoms with E-state index in [9.17, 15) is 14.7 Å². The number of aliphatic hydroxyl groups is 1. The predicted molar refractivity (Wildman–Crippen MR) is 154 cm³/mol. The van der Waals surface area contributed by atoms with Gasteiger partial charge in [-0.15, -0.1) is 0 Å². The topological polar surface area (TPSA) is 85.3 Å². The van der Waals surface area contributed by atoms with Crippen LogP contribution in [0.2, 0.25) is 5.04 Å². The van der Waals surface area contributed by atoms with Crippen molar-refractivity contribution in [2.75, 3.05) is 13.7 Å². The van der Waals surface area contributed by atoms with Gasteiger partial charge in [-0.2, -0.15) is 0 Å². The van der Waals surface area contributed by atoms with Crippen LogP contribution >= 0.6 is 0 Å². The molecule has 7 nitrogen and oxygen atoms in total. The Morgan fingerprint density at radius 2 is 1.54 bits per heavy atom. The van der Waals surface area contributed by atoms with Gasteiger partial charge in [0.2, 0.25) is 0 Å². The summed E-state index contributed by atoms with van der Waals surface area (Å²) >= 11 is 0. The van der Waals surface area contributed by atoms with Gasteiger partial charge in [0.15, 0.2) is 6.10 Å². The average molecular weight is 554 g/mol. The Kier molecular flexibility index (Phi) is 8.05. The van der Waals surface area contributed by atoms with Gasteiger partial charge in [-0.25, -0.2) is 9.59 Å². The van der Waals surface area contributed by atoms with Crippen LogP contribution in [0.3, 0.4) is 0 Å². The zero-order chi connectivity index (χ0) is 28.6. The number of esters is 1. The number of rotatable bonds is 8. The van der Waals surface area contributed by atoms with Crippen molar-refractivity contribution in [2.45, 2.75) is 89.1 Å². The first-order valence-electron chi connectivity index (χ1n) is 13.8. The number of ether oxygens (including phenoxy) is 2. The summed E-state index contributed by atoms with van der Waals surface area (Å²) in [5.41, 5.74) is -1.33. The number of aliphatic hydroxyl groups excluding tert-OH is 1. The summed E-state index contributed by atoms with van der Waals surface area (Å²) in [7, 11) is -1.56. The molecular weight excluding hydrogens is 510 g/mol. The minimum atomic E-state index is -2.82. The second kappa shape index (κ2) is 10.7. The third-order valence-electron chi connectivity index (χ3n) is 8.12. The first kappa shape index (κ1) is 29.3. The Balaban J connectivity index is 1.70. The lowest BCUT2D eigenvalue weighted by Crippen LogP contribution is -2.67. The molecule has 0 aromatic heterocycles. The molecule has 4 rings (SSSR count). The van der Waals surface area contributed by atoms with E-state index in [4.69, 9.17) is 13.9 Å². The van der Waals surface area contributed by atoms with Crippen molar-refractivity contribution in [1.82, 2.24) is 4.90 Å². The monoisotopic (exact) mass is 553 g/mol. The summed E-state index contributed by atoms with van der Waals surface area (Å²) in [6.45, 7) is 12.5. The quantitative estimate of drug-likeness (QED) is 0.389. The molecule has 2 aromatic carbocycles. The molecule has 1 N–H and O–H groups in total. The van der Waals surface area contributed by atoms with Gasteiger partial charge in [0, 0.05) is 6.42 Å². The molecule has 1 saturated carbocycles. The van der Waals surface area contributed by atoms with Crippen LogP contribution in [0, 0.1) is 5.92 Å². The molecule has 2 fully saturated rings. The Labute approximate surface area is 233 Å². The smallest absolute Gasteiger partial charge is 0.411 e. The molecule has 212 valence electrons. The van der Waals surface area contributed by atoms with E-state index in [0.717, 1.165) is 12.8 Å². The molecule has 1 aliphatic heterocycles. The summed E-state index contributed by atoms with van der Waals surface area (Å²) in [5, 5.41) is 12.7. The minimum Gasteiger partial charge on any atom is -0.467 e. The Hall–Kier alpha value is -2.68. The van der Waals surface area contributed by atoms with E-state index in [1.54, 1.807) is 4.90 Å². The van der Waals surface area contributed by atoms with Crippen LogP contribution in [-0.4, -0.2) is 67.4 Å². The van der Waals surface area contributed by atoms with Gasteiger partial charge in [-0.05, 0) is 54.9 Å². The Bertz CT molecular complexity index is 1120. The van der Waals surface area contributed by atoms with Gasteiger partial charge < -0.3 is 19.0 Å². The first-order valence-corrected chi connectivity index (χ1v) is 15.7. The lowest BCUT2D eigenvalue weighted by atomic mass is 10.1. The first-order chi connectivity index (χ1) is 18.2. The fourth-order valence-corrected chi connectivity index (χ4v) is 11.0. The highest BCUT2D eigenvalue weighted by molar-refractivity contribution is 6.99. The summed E-state index contributed by atoms with van der Waals surface area (Å²) in [6, 6.07) is 20.6. The van der Waals surface area contributed by atoms with Gasteiger partial charge in [-0.3, -0.25) is 4.90 Å². The fourth-order valence-electron chi connectivity index (χ4n) is 6.43. The summed E-state index contributed by atoms with van der Waals surface area (Å²) in [4.78, 5) is 27.5. The highest BCUT2D eigenvalue weighted by Crippen LogP contribution is 2.61. The molecule has 39 heavy (non-hydrogen) atoms. The summed E-state index contributed by atoms with van der Waals surface area (Å²) in [5.74, 6) is -0.525. The van der Waals surface area contributed by atoms with Crippen molar-refractivity contribution < 1.29 is 28.6 Å². The number of amides is 1. The molecule has 1 amide bonds. The van der Waals surface area contributed by atoms with Crippen molar-refractivity contribution >= 4 is 30.8 Å². The standard InChI is InChI=1S/C31H43NO6Si/c1-29(2,3)38-28(35)32-23(18-22-19-31(22,32)20-26(33)27(34)36-7)21-37-39(30(4,5)6,24-14-10-8-11-15-24)25-16-12-9-13-17-25/h8-17,22-23,26,33H,18-21H2,1-7H3/t22-,23-,26-,31-/m1/s1. The van der Waals surface area contributed by atoms with Crippen molar-refractivity contribution in [2.24, 2.45) is 5.92 Å². The number of carbonyl (C=O) groups excluding carboxylic acids is 2. The van der Waals surface area contributed by atoms with Crippen molar-refractivity contribution in [3.05, 3.63) is 60.7 Å². The van der Waals surface area contributed by atoms with Crippen LogP contribution in [-0.2, 0) is 18.7 Å². The zero-order valence-corrected chi connectivity index (χ0v) is 25.3. The maximum absolute atomic E-state index is 13.7. The summed E-state index contributed by atoms with van der Waals surface area (Å²) in [6.07, 6.45) is -0.169. The van der Waals surface area contributed by atoms with E-state index in [-0.39, 0.29) is 23.4 Å². The molecule has 2 aliphatic rings. The third-order valence-corrected chi connectivity index (χ3v) is 13.1. The number of carbonyl (C=O) groups is 2. The number of benzene rings is 2. The highest BCUT2D eigenvalue weighted by atomic mass is 28.4. The molecule has 0 radical (unpaired) electrons. The number of methoxy groups -OCH3 is 1. The Morgan fingerprint density at radius 3 is 2.00 bits per heavy atom. The van der Waals surface area contributed by atoms with Gasteiger partial charge in [-0.1, -0.05) is 81.4 Å². The van der Waals surface area contributed by atoms with E-state index >= 15 is 0 Å². The van der Waals surface area contributed by atoms with Crippen LogP contribution < -0.4 is 10.4 Å². The lowest BCUT2D eigenvalue weighted by Gasteiger charge is -2.44. The molecule has 1 heterocycles. The van der Waals surface area contributed by atoms with Crippen molar-refractivity contribution in [3.8, 4) is 0 Å². The highest BCUT2D eigenvalue weighted by Gasteiger charge is 2.68. The van der Waals surface area contributed by atoms with Crippen LogP contribution in [0.5, 0.6) is 0 Å². The number of fused-ring (bicyclic) bond motifs is 1. The molecule has 0 spiro atoms. The third kappa shape index (κ3) is 5.65. The predicted octanol–water partition coefficient (Wildman–Crippen LogP) is 4.26.